The van der Waals surface area contributed by atoms with E-state index in [1.54, 1.807) is 12.1 Å². The molecule has 0 spiro atoms. The van der Waals surface area contributed by atoms with Crippen molar-refractivity contribution in [2.75, 3.05) is 11.5 Å². The number of fused-ring (bicyclic) bond motifs is 1. The third kappa shape index (κ3) is 3.58. The van der Waals surface area contributed by atoms with Crippen molar-refractivity contribution in [3.8, 4) is 11.3 Å². The summed E-state index contributed by atoms with van der Waals surface area (Å²) in [5.41, 5.74) is 2.84. The van der Waals surface area contributed by atoms with Crippen LogP contribution in [0.3, 0.4) is 0 Å². The van der Waals surface area contributed by atoms with Crippen LogP contribution in [0, 0.1) is 19.7 Å². The first kappa shape index (κ1) is 19.1. The molecular formula is C19H18ClFN4O2S. The van der Waals surface area contributed by atoms with E-state index < -0.39 is 15.7 Å². The fourth-order valence-electron chi connectivity index (χ4n) is 3.33. The Morgan fingerprint density at radius 1 is 1.04 bits per heavy atom. The minimum atomic E-state index is -3.01. The van der Waals surface area contributed by atoms with Gasteiger partial charge in [0.25, 0.3) is 0 Å². The fraction of sp³-hybridized carbons (Fsp3) is 0.368. The Morgan fingerprint density at radius 3 is 2.39 bits per heavy atom. The Kier molecular flexibility index (Phi) is 4.79. The third-order valence-electron chi connectivity index (χ3n) is 5.07. The van der Waals surface area contributed by atoms with Gasteiger partial charge in [-0.05, 0) is 44.9 Å². The zero-order valence-electron chi connectivity index (χ0n) is 15.4. The minimum Gasteiger partial charge on any atom is -0.246 e. The number of hydrogen-bond acceptors (Lipinski definition) is 6. The summed E-state index contributed by atoms with van der Waals surface area (Å²) >= 11 is 5.89. The molecule has 2 aromatic heterocycles. The van der Waals surface area contributed by atoms with Gasteiger partial charge in [-0.1, -0.05) is 11.6 Å². The molecule has 0 N–H and O–H groups in total. The second-order valence-corrected chi connectivity index (χ2v) is 9.79. The predicted molar refractivity (Wildman–Crippen MR) is 106 cm³/mol. The molecule has 28 heavy (non-hydrogen) atoms. The number of aromatic nitrogens is 4. The summed E-state index contributed by atoms with van der Waals surface area (Å²) < 4.78 is 38.2. The van der Waals surface area contributed by atoms with Gasteiger partial charge in [-0.25, -0.2) is 32.7 Å². The number of nitrogens with zero attached hydrogens (tertiary/aromatic N) is 4. The van der Waals surface area contributed by atoms with Gasteiger partial charge < -0.3 is 0 Å². The molecule has 1 saturated heterocycles. The zero-order valence-corrected chi connectivity index (χ0v) is 17.0. The van der Waals surface area contributed by atoms with E-state index in [4.69, 9.17) is 11.6 Å². The lowest BCUT2D eigenvalue weighted by atomic mass is 10.0. The van der Waals surface area contributed by atoms with Crippen molar-refractivity contribution < 1.29 is 12.8 Å². The fourth-order valence-corrected chi connectivity index (χ4v) is 4.98. The summed E-state index contributed by atoms with van der Waals surface area (Å²) in [6, 6.07) is 4.38. The van der Waals surface area contributed by atoms with E-state index in [1.807, 2.05) is 13.8 Å². The van der Waals surface area contributed by atoms with Gasteiger partial charge >= 0.3 is 0 Å². The van der Waals surface area contributed by atoms with Gasteiger partial charge in [-0.15, -0.1) is 0 Å². The van der Waals surface area contributed by atoms with Crippen molar-refractivity contribution in [3.63, 3.8) is 0 Å². The monoisotopic (exact) mass is 420 g/mol. The zero-order chi connectivity index (χ0) is 20.1. The third-order valence-corrected chi connectivity index (χ3v) is 7.02. The molecule has 0 bridgehead atoms. The number of sulfone groups is 1. The van der Waals surface area contributed by atoms with E-state index >= 15 is 0 Å². The second kappa shape index (κ2) is 7.00. The maximum Gasteiger partial charge on any atom is 0.182 e. The molecule has 0 radical (unpaired) electrons. The number of benzene rings is 1. The first-order valence-corrected chi connectivity index (χ1v) is 11.1. The minimum absolute atomic E-state index is 0.0995. The van der Waals surface area contributed by atoms with Crippen LogP contribution in [0.1, 0.15) is 36.0 Å². The molecule has 1 aromatic carbocycles. The van der Waals surface area contributed by atoms with E-state index in [0.717, 1.165) is 5.69 Å². The molecule has 6 nitrogen and oxygen atoms in total. The van der Waals surface area contributed by atoms with Crippen LogP contribution in [0.5, 0.6) is 0 Å². The molecule has 146 valence electrons. The SMILES string of the molecule is Cc1nc2nc(C3CCS(=O)(=O)CC3)nc(-c3ccc(Cl)cc3F)c2nc1C. The van der Waals surface area contributed by atoms with Crippen molar-refractivity contribution >= 4 is 32.6 Å². The first-order valence-electron chi connectivity index (χ1n) is 8.92. The number of halogens is 2. The molecule has 0 unspecified atom stereocenters. The second-order valence-electron chi connectivity index (χ2n) is 7.05. The normalized spacial score (nSPS) is 17.1. The molecule has 3 heterocycles. The topological polar surface area (TPSA) is 85.7 Å². The number of rotatable bonds is 2. The molecule has 9 heteroatoms. The van der Waals surface area contributed by atoms with Crippen molar-refractivity contribution in [3.05, 3.63) is 46.3 Å². The van der Waals surface area contributed by atoms with Gasteiger partial charge in [-0.3, -0.25) is 0 Å². The van der Waals surface area contributed by atoms with Crippen molar-refractivity contribution in [1.29, 1.82) is 0 Å². The average Bonchev–Trinajstić information content (AvgIpc) is 2.62. The molecule has 1 aliphatic rings. The van der Waals surface area contributed by atoms with Crippen LogP contribution in [0.25, 0.3) is 22.4 Å². The summed E-state index contributed by atoms with van der Waals surface area (Å²) in [5, 5.41) is 0.287. The Labute approximate surface area is 167 Å². The number of hydrogen-bond donors (Lipinski definition) is 0. The standard InChI is InChI=1S/C19H18ClFN4O2S/c1-10-11(2)23-19-17(22-10)16(14-4-3-13(20)9-15(14)21)24-18(25-19)12-5-7-28(26,27)8-6-12/h3-4,9,12H,5-8H2,1-2H3. The highest BCUT2D eigenvalue weighted by Crippen LogP contribution is 2.33. The van der Waals surface area contributed by atoms with Crippen LogP contribution in [-0.4, -0.2) is 39.9 Å². The highest BCUT2D eigenvalue weighted by Gasteiger charge is 2.28. The van der Waals surface area contributed by atoms with Gasteiger partial charge in [-0.2, -0.15) is 0 Å². The molecule has 3 aromatic rings. The van der Waals surface area contributed by atoms with Crippen LogP contribution in [0.2, 0.25) is 5.02 Å². The summed E-state index contributed by atoms with van der Waals surface area (Å²) in [6.07, 6.45) is 0.878. The highest BCUT2D eigenvalue weighted by molar-refractivity contribution is 7.91. The molecule has 1 fully saturated rings. The summed E-state index contributed by atoms with van der Waals surface area (Å²) in [7, 11) is -3.01. The van der Waals surface area contributed by atoms with Gasteiger partial charge in [0.1, 0.15) is 32.7 Å². The highest BCUT2D eigenvalue weighted by atomic mass is 35.5. The van der Waals surface area contributed by atoms with Gasteiger partial charge in [0, 0.05) is 16.5 Å². The number of aryl methyl sites for hydroxylation is 2. The van der Waals surface area contributed by atoms with E-state index in [9.17, 15) is 12.8 Å². The van der Waals surface area contributed by atoms with E-state index in [-0.39, 0.29) is 28.0 Å². The smallest absolute Gasteiger partial charge is 0.182 e. The van der Waals surface area contributed by atoms with Crippen LogP contribution in [0.15, 0.2) is 18.2 Å². The predicted octanol–water partition coefficient (Wildman–Crippen LogP) is 3.79. The van der Waals surface area contributed by atoms with Crippen molar-refractivity contribution in [2.45, 2.75) is 32.6 Å². The van der Waals surface area contributed by atoms with Crippen LogP contribution < -0.4 is 0 Å². The van der Waals surface area contributed by atoms with Crippen molar-refractivity contribution in [2.24, 2.45) is 0 Å². The lowest BCUT2D eigenvalue weighted by Gasteiger charge is -2.21. The summed E-state index contributed by atoms with van der Waals surface area (Å²) in [4.78, 5) is 18.2. The van der Waals surface area contributed by atoms with Gasteiger partial charge in [0.05, 0.1) is 22.9 Å². The molecule has 0 atom stereocenters. The Bertz CT molecular complexity index is 1190. The maximum absolute atomic E-state index is 14.6. The lowest BCUT2D eigenvalue weighted by Crippen LogP contribution is -2.23. The van der Waals surface area contributed by atoms with Crippen LogP contribution >= 0.6 is 11.6 Å². The largest absolute Gasteiger partial charge is 0.246 e. The maximum atomic E-state index is 14.6. The van der Waals surface area contributed by atoms with E-state index in [2.05, 4.69) is 19.9 Å². The van der Waals surface area contributed by atoms with E-state index in [0.29, 0.717) is 41.2 Å². The molecule has 4 rings (SSSR count). The molecule has 0 amide bonds. The Balaban J connectivity index is 1.92. The van der Waals surface area contributed by atoms with Crippen molar-refractivity contribution in [1.82, 2.24) is 19.9 Å². The van der Waals surface area contributed by atoms with Gasteiger partial charge in [0.2, 0.25) is 0 Å². The first-order chi connectivity index (χ1) is 13.2. The quantitative estimate of drug-likeness (QED) is 0.627. The van der Waals surface area contributed by atoms with Crippen LogP contribution in [0.4, 0.5) is 4.39 Å². The molecule has 1 aliphatic heterocycles. The van der Waals surface area contributed by atoms with Gasteiger partial charge in [0.15, 0.2) is 5.65 Å². The summed E-state index contributed by atoms with van der Waals surface area (Å²) in [6.45, 7) is 3.66. The Morgan fingerprint density at radius 2 is 1.71 bits per heavy atom. The molecular weight excluding hydrogens is 403 g/mol. The van der Waals surface area contributed by atoms with E-state index in [1.165, 1.54) is 6.07 Å². The lowest BCUT2D eigenvalue weighted by molar-refractivity contribution is 0.538. The van der Waals surface area contributed by atoms with Crippen LogP contribution in [-0.2, 0) is 9.84 Å². The molecule has 0 aliphatic carbocycles. The average molecular weight is 421 g/mol. The molecule has 0 saturated carbocycles. The Hall–Kier alpha value is -2.19. The summed E-state index contributed by atoms with van der Waals surface area (Å²) in [5.74, 6) is 0.0457.